The molecule has 0 spiro atoms. The summed E-state index contributed by atoms with van der Waals surface area (Å²) in [7, 11) is 0. The highest BCUT2D eigenvalue weighted by atomic mass is 16.6. The van der Waals surface area contributed by atoms with Crippen LogP contribution >= 0.6 is 0 Å². The number of hydrogen-bond acceptors (Lipinski definition) is 4. The average Bonchev–Trinajstić information content (AvgIpc) is 2.98. The highest BCUT2D eigenvalue weighted by Crippen LogP contribution is 2.39. The number of benzene rings is 2. The van der Waals surface area contributed by atoms with Crippen LogP contribution in [0.3, 0.4) is 0 Å². The lowest BCUT2D eigenvalue weighted by atomic mass is 10.1. The SMILES string of the molecule is CC(C)OCC/C=C/COc1ccc2c(c1)/C(=N\OC(C)(C)C)c1ccccc1-2. The molecule has 0 heterocycles. The molecule has 154 valence electrons. The minimum atomic E-state index is -0.344. The number of rotatable bonds is 8. The van der Waals surface area contributed by atoms with E-state index in [0.29, 0.717) is 6.61 Å². The van der Waals surface area contributed by atoms with Crippen LogP contribution in [0.5, 0.6) is 5.75 Å². The predicted octanol–water partition coefficient (Wildman–Crippen LogP) is 5.98. The molecular weight excluding hydrogens is 362 g/mol. The summed E-state index contributed by atoms with van der Waals surface area (Å²) in [6.45, 7) is 11.3. The van der Waals surface area contributed by atoms with Crippen molar-refractivity contribution in [2.45, 2.75) is 52.7 Å². The highest BCUT2D eigenvalue weighted by Gasteiger charge is 2.26. The first-order chi connectivity index (χ1) is 13.8. The van der Waals surface area contributed by atoms with E-state index in [1.165, 1.54) is 5.56 Å². The molecular formula is C25H31NO3. The summed E-state index contributed by atoms with van der Waals surface area (Å²) < 4.78 is 11.5. The van der Waals surface area contributed by atoms with Gasteiger partial charge in [-0.2, -0.15) is 0 Å². The first-order valence-corrected chi connectivity index (χ1v) is 10.2. The Morgan fingerprint density at radius 3 is 2.38 bits per heavy atom. The fourth-order valence-electron chi connectivity index (χ4n) is 3.10. The molecule has 0 aliphatic heterocycles. The van der Waals surface area contributed by atoms with Gasteiger partial charge in [0.25, 0.3) is 0 Å². The molecule has 1 aliphatic rings. The van der Waals surface area contributed by atoms with Crippen LogP contribution < -0.4 is 4.74 Å². The van der Waals surface area contributed by atoms with Crippen LogP contribution in [-0.2, 0) is 9.57 Å². The lowest BCUT2D eigenvalue weighted by Gasteiger charge is -2.16. The third-order valence-electron chi connectivity index (χ3n) is 4.38. The molecule has 2 aromatic carbocycles. The first-order valence-electron chi connectivity index (χ1n) is 10.2. The molecule has 0 N–H and O–H groups in total. The molecule has 0 amide bonds. The number of nitrogens with zero attached hydrogens (tertiary/aromatic N) is 1. The van der Waals surface area contributed by atoms with Crippen molar-refractivity contribution < 1.29 is 14.3 Å². The second-order valence-electron chi connectivity index (χ2n) is 8.39. The molecule has 0 saturated carbocycles. The Bertz CT molecular complexity index is 891. The summed E-state index contributed by atoms with van der Waals surface area (Å²) in [6, 6.07) is 14.5. The minimum Gasteiger partial charge on any atom is -0.490 e. The van der Waals surface area contributed by atoms with Crippen molar-refractivity contribution in [2.75, 3.05) is 13.2 Å². The summed E-state index contributed by atoms with van der Waals surface area (Å²) >= 11 is 0. The molecule has 0 atom stereocenters. The minimum absolute atomic E-state index is 0.272. The van der Waals surface area contributed by atoms with E-state index in [9.17, 15) is 0 Å². The molecule has 0 aromatic heterocycles. The van der Waals surface area contributed by atoms with Gasteiger partial charge < -0.3 is 14.3 Å². The quantitative estimate of drug-likeness (QED) is 0.268. The molecule has 29 heavy (non-hydrogen) atoms. The van der Waals surface area contributed by atoms with Gasteiger partial charge in [0, 0.05) is 11.1 Å². The molecule has 1 aliphatic carbocycles. The van der Waals surface area contributed by atoms with Crippen LogP contribution in [0.15, 0.2) is 59.8 Å². The van der Waals surface area contributed by atoms with Gasteiger partial charge in [-0.25, -0.2) is 0 Å². The molecule has 0 unspecified atom stereocenters. The summed E-state index contributed by atoms with van der Waals surface area (Å²) in [6.07, 6.45) is 5.29. The van der Waals surface area contributed by atoms with Crippen molar-refractivity contribution in [3.8, 4) is 16.9 Å². The van der Waals surface area contributed by atoms with E-state index < -0.39 is 0 Å². The summed E-state index contributed by atoms with van der Waals surface area (Å²) in [5.41, 5.74) is 4.98. The van der Waals surface area contributed by atoms with Gasteiger partial charge in [0.1, 0.15) is 23.7 Å². The topological polar surface area (TPSA) is 40.0 Å². The Morgan fingerprint density at radius 2 is 1.66 bits per heavy atom. The van der Waals surface area contributed by atoms with Gasteiger partial charge in [0.2, 0.25) is 0 Å². The van der Waals surface area contributed by atoms with E-state index >= 15 is 0 Å². The summed E-state index contributed by atoms with van der Waals surface area (Å²) in [4.78, 5) is 5.74. The Kier molecular flexibility index (Phi) is 6.75. The van der Waals surface area contributed by atoms with Gasteiger partial charge >= 0.3 is 0 Å². The van der Waals surface area contributed by atoms with E-state index in [0.717, 1.165) is 41.2 Å². The van der Waals surface area contributed by atoms with Gasteiger partial charge in [-0.05, 0) is 70.4 Å². The van der Waals surface area contributed by atoms with E-state index in [1.807, 2.05) is 58.9 Å². The van der Waals surface area contributed by atoms with Crippen LogP contribution in [-0.4, -0.2) is 30.6 Å². The molecule has 2 aromatic rings. The Morgan fingerprint density at radius 1 is 0.931 bits per heavy atom. The smallest absolute Gasteiger partial charge is 0.129 e. The number of hydrogen-bond donors (Lipinski definition) is 0. The molecule has 0 radical (unpaired) electrons. The normalized spacial score (nSPS) is 14.5. The standard InChI is InChI=1S/C25H31NO3/c1-18(2)27-15-9-6-10-16-28-19-13-14-21-20-11-7-8-12-22(20)24(23(21)17-19)26-29-25(3,4)5/h6-8,10-14,17-18H,9,15-16H2,1-5H3/b10-6+,26-24-. The summed E-state index contributed by atoms with van der Waals surface area (Å²) in [5.74, 6) is 0.822. The van der Waals surface area contributed by atoms with Gasteiger partial charge in [-0.1, -0.05) is 41.6 Å². The number of ether oxygens (including phenoxy) is 2. The Balaban J connectivity index is 1.72. The maximum absolute atomic E-state index is 5.93. The van der Waals surface area contributed by atoms with Crippen LogP contribution in [0.2, 0.25) is 0 Å². The van der Waals surface area contributed by atoms with Crippen molar-refractivity contribution in [3.05, 3.63) is 65.7 Å². The lowest BCUT2D eigenvalue weighted by Crippen LogP contribution is -2.17. The van der Waals surface area contributed by atoms with Crippen molar-refractivity contribution in [1.29, 1.82) is 0 Å². The van der Waals surface area contributed by atoms with Gasteiger partial charge in [0.05, 0.1) is 12.7 Å². The molecule has 0 fully saturated rings. The number of fused-ring (bicyclic) bond motifs is 3. The highest BCUT2D eigenvalue weighted by molar-refractivity contribution is 6.24. The average molecular weight is 394 g/mol. The van der Waals surface area contributed by atoms with Crippen molar-refractivity contribution in [2.24, 2.45) is 5.16 Å². The summed E-state index contributed by atoms with van der Waals surface area (Å²) in [5, 5.41) is 4.50. The Labute approximate surface area is 174 Å². The third kappa shape index (κ3) is 5.70. The van der Waals surface area contributed by atoms with E-state index in [-0.39, 0.29) is 11.7 Å². The van der Waals surface area contributed by atoms with E-state index in [4.69, 9.17) is 14.3 Å². The third-order valence-corrected chi connectivity index (χ3v) is 4.38. The zero-order valence-electron chi connectivity index (χ0n) is 18.1. The largest absolute Gasteiger partial charge is 0.490 e. The fraction of sp³-hybridized carbons (Fsp3) is 0.400. The zero-order chi connectivity index (χ0) is 20.9. The monoisotopic (exact) mass is 393 g/mol. The van der Waals surface area contributed by atoms with Gasteiger partial charge in [-0.3, -0.25) is 0 Å². The van der Waals surface area contributed by atoms with Crippen LogP contribution in [0.25, 0.3) is 11.1 Å². The second kappa shape index (κ2) is 9.27. The predicted molar refractivity (Wildman–Crippen MR) is 119 cm³/mol. The Hall–Kier alpha value is -2.59. The zero-order valence-corrected chi connectivity index (χ0v) is 18.1. The van der Waals surface area contributed by atoms with Gasteiger partial charge in [0.15, 0.2) is 0 Å². The second-order valence-corrected chi connectivity index (χ2v) is 8.39. The maximum Gasteiger partial charge on any atom is 0.129 e. The maximum atomic E-state index is 5.93. The van der Waals surface area contributed by atoms with Crippen molar-refractivity contribution in [1.82, 2.24) is 0 Å². The van der Waals surface area contributed by atoms with Crippen LogP contribution in [0, 0.1) is 0 Å². The molecule has 0 bridgehead atoms. The first kappa shape index (κ1) is 21.1. The molecule has 4 nitrogen and oxygen atoms in total. The van der Waals surface area contributed by atoms with E-state index in [2.05, 4.69) is 35.5 Å². The van der Waals surface area contributed by atoms with Crippen LogP contribution in [0.4, 0.5) is 0 Å². The lowest BCUT2D eigenvalue weighted by molar-refractivity contribution is 0.00121. The molecule has 3 rings (SSSR count). The van der Waals surface area contributed by atoms with Crippen molar-refractivity contribution >= 4 is 5.71 Å². The fourth-order valence-corrected chi connectivity index (χ4v) is 3.10. The number of oxime groups is 1. The molecule has 4 heteroatoms. The van der Waals surface area contributed by atoms with Crippen molar-refractivity contribution in [3.63, 3.8) is 0 Å². The van der Waals surface area contributed by atoms with Gasteiger partial charge in [-0.15, -0.1) is 0 Å². The molecule has 0 saturated heterocycles. The van der Waals surface area contributed by atoms with Crippen LogP contribution in [0.1, 0.15) is 52.2 Å². The van der Waals surface area contributed by atoms with E-state index in [1.54, 1.807) is 0 Å².